The van der Waals surface area contributed by atoms with Gasteiger partial charge >= 0.3 is 0 Å². The summed E-state index contributed by atoms with van der Waals surface area (Å²) in [7, 11) is 0. The molecule has 2 unspecified atom stereocenters. The highest BCUT2D eigenvalue weighted by Crippen LogP contribution is 2.37. The van der Waals surface area contributed by atoms with Gasteiger partial charge in [0.15, 0.2) is 0 Å². The summed E-state index contributed by atoms with van der Waals surface area (Å²) in [6, 6.07) is 9.53. The third kappa shape index (κ3) is 3.43. The van der Waals surface area contributed by atoms with E-state index in [-0.39, 0.29) is 0 Å². The number of fused-ring (bicyclic) bond motifs is 1. The van der Waals surface area contributed by atoms with E-state index < -0.39 is 0 Å². The minimum atomic E-state index is 0.302. The number of para-hydroxylation sites is 1. The number of amides is 1. The van der Waals surface area contributed by atoms with Gasteiger partial charge in [-0.3, -0.25) is 9.69 Å². The lowest BCUT2D eigenvalue weighted by molar-refractivity contribution is -0.118. The molecule has 1 aromatic rings. The SMILES string of the molecule is CCCC1CCC(N2CCC(N3C(=O)Cc4ccccc43)C(C)C2)CC1. The summed E-state index contributed by atoms with van der Waals surface area (Å²) in [5, 5.41) is 0. The minimum absolute atomic E-state index is 0.302. The summed E-state index contributed by atoms with van der Waals surface area (Å²) in [4.78, 5) is 17.5. The molecule has 0 spiro atoms. The van der Waals surface area contributed by atoms with Crippen LogP contribution in [0.25, 0.3) is 0 Å². The zero-order valence-corrected chi connectivity index (χ0v) is 16.5. The normalized spacial score (nSPS) is 32.7. The van der Waals surface area contributed by atoms with Crippen molar-refractivity contribution < 1.29 is 4.79 Å². The average Bonchev–Trinajstić information content (AvgIpc) is 2.98. The summed E-state index contributed by atoms with van der Waals surface area (Å²) in [5.74, 6) is 1.83. The molecule has 0 aromatic heterocycles. The van der Waals surface area contributed by atoms with Crippen LogP contribution >= 0.6 is 0 Å². The van der Waals surface area contributed by atoms with E-state index in [4.69, 9.17) is 0 Å². The Morgan fingerprint density at radius 3 is 2.58 bits per heavy atom. The lowest BCUT2D eigenvalue weighted by Crippen LogP contribution is -2.54. The average molecular weight is 355 g/mol. The molecule has 1 aliphatic carbocycles. The molecule has 1 amide bonds. The summed E-state index contributed by atoms with van der Waals surface area (Å²) in [6.07, 6.45) is 10.1. The molecule has 4 rings (SSSR count). The van der Waals surface area contributed by atoms with Crippen LogP contribution in [0.5, 0.6) is 0 Å². The second-order valence-electron chi connectivity index (χ2n) is 8.86. The predicted molar refractivity (Wildman–Crippen MR) is 107 cm³/mol. The molecule has 0 N–H and O–H groups in total. The summed E-state index contributed by atoms with van der Waals surface area (Å²) in [5.41, 5.74) is 2.38. The van der Waals surface area contributed by atoms with E-state index in [0.29, 0.717) is 24.3 Å². The Labute approximate surface area is 158 Å². The highest BCUT2D eigenvalue weighted by molar-refractivity contribution is 6.01. The van der Waals surface area contributed by atoms with Crippen molar-refractivity contribution in [3.05, 3.63) is 29.8 Å². The molecule has 1 aromatic carbocycles. The van der Waals surface area contributed by atoms with E-state index in [0.717, 1.165) is 31.5 Å². The second kappa shape index (κ2) is 7.72. The van der Waals surface area contributed by atoms with E-state index in [1.54, 1.807) is 0 Å². The Balaban J connectivity index is 1.38. The third-order valence-electron chi connectivity index (χ3n) is 7.11. The van der Waals surface area contributed by atoms with Crippen LogP contribution in [-0.2, 0) is 11.2 Å². The van der Waals surface area contributed by atoms with Crippen molar-refractivity contribution in [3.63, 3.8) is 0 Å². The molecule has 3 nitrogen and oxygen atoms in total. The first-order chi connectivity index (χ1) is 12.7. The van der Waals surface area contributed by atoms with Crippen LogP contribution in [0, 0.1) is 11.8 Å². The zero-order chi connectivity index (χ0) is 18.1. The number of nitrogens with zero attached hydrogens (tertiary/aromatic N) is 2. The van der Waals surface area contributed by atoms with Gasteiger partial charge in [0.25, 0.3) is 0 Å². The Kier molecular flexibility index (Phi) is 5.35. The molecule has 0 radical (unpaired) electrons. The minimum Gasteiger partial charge on any atom is -0.308 e. The van der Waals surface area contributed by atoms with E-state index in [1.807, 2.05) is 0 Å². The number of hydrogen-bond donors (Lipinski definition) is 0. The Hall–Kier alpha value is -1.35. The molecule has 2 atom stereocenters. The van der Waals surface area contributed by atoms with Crippen molar-refractivity contribution >= 4 is 11.6 Å². The Morgan fingerprint density at radius 1 is 1.08 bits per heavy atom. The van der Waals surface area contributed by atoms with Crippen molar-refractivity contribution in [2.24, 2.45) is 11.8 Å². The van der Waals surface area contributed by atoms with Gasteiger partial charge in [0, 0.05) is 30.9 Å². The molecular weight excluding hydrogens is 320 g/mol. The molecule has 2 fully saturated rings. The van der Waals surface area contributed by atoms with Gasteiger partial charge in [-0.05, 0) is 55.6 Å². The van der Waals surface area contributed by atoms with Crippen LogP contribution in [0.4, 0.5) is 5.69 Å². The largest absolute Gasteiger partial charge is 0.308 e. The molecular formula is C23H34N2O. The van der Waals surface area contributed by atoms with Crippen LogP contribution in [0.15, 0.2) is 24.3 Å². The summed E-state index contributed by atoms with van der Waals surface area (Å²) in [6.45, 7) is 6.98. The Morgan fingerprint density at radius 2 is 1.85 bits per heavy atom. The van der Waals surface area contributed by atoms with Crippen molar-refractivity contribution in [2.75, 3.05) is 18.0 Å². The van der Waals surface area contributed by atoms with Gasteiger partial charge in [-0.1, -0.05) is 44.9 Å². The predicted octanol–water partition coefficient (Wildman–Crippen LogP) is 4.65. The fourth-order valence-corrected chi connectivity index (χ4v) is 5.73. The molecule has 3 aliphatic rings. The number of anilines is 1. The molecule has 2 aliphatic heterocycles. The Bertz CT molecular complexity index is 635. The number of carbonyl (C=O) groups excluding carboxylic acids is 1. The van der Waals surface area contributed by atoms with E-state index in [1.165, 1.54) is 49.8 Å². The number of piperidine rings is 1. The maximum Gasteiger partial charge on any atom is 0.231 e. The van der Waals surface area contributed by atoms with E-state index in [2.05, 4.69) is 47.9 Å². The number of rotatable bonds is 4. The van der Waals surface area contributed by atoms with Gasteiger partial charge in [0.2, 0.25) is 5.91 Å². The molecule has 2 heterocycles. The summed E-state index contributed by atoms with van der Waals surface area (Å²) < 4.78 is 0. The molecule has 142 valence electrons. The lowest BCUT2D eigenvalue weighted by atomic mass is 9.81. The van der Waals surface area contributed by atoms with Gasteiger partial charge in [0.1, 0.15) is 0 Å². The smallest absolute Gasteiger partial charge is 0.231 e. The number of likely N-dealkylation sites (tertiary alicyclic amines) is 1. The number of hydrogen-bond acceptors (Lipinski definition) is 2. The quantitative estimate of drug-likeness (QED) is 0.786. The van der Waals surface area contributed by atoms with Gasteiger partial charge < -0.3 is 4.90 Å². The van der Waals surface area contributed by atoms with Crippen molar-refractivity contribution in [1.82, 2.24) is 4.90 Å². The van der Waals surface area contributed by atoms with Crippen LogP contribution in [0.3, 0.4) is 0 Å². The fourth-order valence-electron chi connectivity index (χ4n) is 5.73. The van der Waals surface area contributed by atoms with Crippen LogP contribution in [0.1, 0.15) is 64.4 Å². The van der Waals surface area contributed by atoms with Crippen LogP contribution in [0.2, 0.25) is 0 Å². The first-order valence-corrected chi connectivity index (χ1v) is 10.8. The number of carbonyl (C=O) groups is 1. The maximum atomic E-state index is 12.7. The fraction of sp³-hybridized carbons (Fsp3) is 0.696. The van der Waals surface area contributed by atoms with Gasteiger partial charge in [-0.2, -0.15) is 0 Å². The lowest BCUT2D eigenvalue weighted by Gasteiger charge is -2.46. The third-order valence-corrected chi connectivity index (χ3v) is 7.11. The number of benzene rings is 1. The molecule has 1 saturated carbocycles. The van der Waals surface area contributed by atoms with Crippen LogP contribution in [-0.4, -0.2) is 36.0 Å². The van der Waals surface area contributed by atoms with Gasteiger partial charge in [0.05, 0.1) is 6.42 Å². The van der Waals surface area contributed by atoms with Crippen LogP contribution < -0.4 is 4.90 Å². The molecule has 1 saturated heterocycles. The zero-order valence-electron chi connectivity index (χ0n) is 16.5. The molecule has 3 heteroatoms. The standard InChI is InChI=1S/C23H34N2O/c1-3-6-18-9-11-20(12-10-18)24-14-13-21(17(2)16-24)25-22-8-5-4-7-19(22)15-23(25)26/h4-5,7-8,17-18,20-21H,3,6,9-16H2,1-2H3. The monoisotopic (exact) mass is 354 g/mol. The maximum absolute atomic E-state index is 12.7. The second-order valence-corrected chi connectivity index (χ2v) is 8.86. The molecule has 26 heavy (non-hydrogen) atoms. The first-order valence-electron chi connectivity index (χ1n) is 10.8. The highest BCUT2D eigenvalue weighted by Gasteiger charge is 2.39. The van der Waals surface area contributed by atoms with Gasteiger partial charge in [-0.25, -0.2) is 0 Å². The molecule has 0 bridgehead atoms. The topological polar surface area (TPSA) is 23.6 Å². The highest BCUT2D eigenvalue weighted by atomic mass is 16.2. The van der Waals surface area contributed by atoms with Gasteiger partial charge in [-0.15, -0.1) is 0 Å². The van der Waals surface area contributed by atoms with Crippen molar-refractivity contribution in [2.45, 2.75) is 77.3 Å². The van der Waals surface area contributed by atoms with E-state index in [9.17, 15) is 4.79 Å². The summed E-state index contributed by atoms with van der Waals surface area (Å²) >= 11 is 0. The van der Waals surface area contributed by atoms with E-state index >= 15 is 0 Å². The first kappa shape index (κ1) is 18.0. The van der Waals surface area contributed by atoms with Crippen molar-refractivity contribution in [3.8, 4) is 0 Å². The van der Waals surface area contributed by atoms with Crippen molar-refractivity contribution in [1.29, 1.82) is 0 Å².